The quantitative estimate of drug-likeness (QED) is 0.722. The monoisotopic (exact) mass is 276 g/mol. The van der Waals surface area contributed by atoms with Crippen LogP contribution >= 0.6 is 0 Å². The third kappa shape index (κ3) is 1.86. The predicted molar refractivity (Wildman–Crippen MR) is 69.6 cm³/mol. The summed E-state index contributed by atoms with van der Waals surface area (Å²) >= 11 is 0. The zero-order chi connectivity index (χ0) is 13.5. The van der Waals surface area contributed by atoms with Crippen LogP contribution in [0.1, 0.15) is 6.92 Å². The van der Waals surface area contributed by atoms with E-state index in [2.05, 4.69) is 0 Å². The second-order valence-corrected chi connectivity index (χ2v) is 5.98. The molecular formula is C14H12O4S. The molecule has 0 atom stereocenters. The highest BCUT2D eigenvalue weighted by Gasteiger charge is 2.31. The van der Waals surface area contributed by atoms with Crippen LogP contribution in [0.3, 0.4) is 0 Å². The van der Waals surface area contributed by atoms with Crippen LogP contribution in [0.2, 0.25) is 0 Å². The second-order valence-electron chi connectivity index (χ2n) is 4.09. The molecule has 0 aromatic heterocycles. The van der Waals surface area contributed by atoms with Gasteiger partial charge in [-0.15, -0.1) is 0 Å². The zero-order valence-electron chi connectivity index (χ0n) is 10.3. The summed E-state index contributed by atoms with van der Waals surface area (Å²) in [5, 5.41) is 0. The summed E-state index contributed by atoms with van der Waals surface area (Å²) in [4.78, 5) is 0.341. The number of hydrogen-bond acceptors (Lipinski definition) is 4. The molecule has 0 bridgehead atoms. The Morgan fingerprint density at radius 1 is 1.05 bits per heavy atom. The highest BCUT2D eigenvalue weighted by atomic mass is 32.2. The van der Waals surface area contributed by atoms with Gasteiger partial charge in [-0.05, 0) is 31.2 Å². The number of ether oxygens (including phenoxy) is 2. The van der Waals surface area contributed by atoms with Crippen LogP contribution in [-0.4, -0.2) is 15.0 Å². The molecule has 5 heteroatoms. The number of hydrogen-bond donors (Lipinski definition) is 0. The van der Waals surface area contributed by atoms with Crippen LogP contribution in [0, 0.1) is 0 Å². The molecule has 0 radical (unpaired) electrons. The molecule has 0 fully saturated rings. The fourth-order valence-corrected chi connectivity index (χ4v) is 3.55. The SMILES string of the molecule is CCOc1ccc2c(c1)S(=O)(=O)c1ccccc1O2. The Bertz CT molecular complexity index is 735. The maximum atomic E-state index is 12.5. The van der Waals surface area contributed by atoms with Gasteiger partial charge in [0.05, 0.1) is 6.61 Å². The fraction of sp³-hybridized carbons (Fsp3) is 0.143. The lowest BCUT2D eigenvalue weighted by atomic mass is 10.3. The van der Waals surface area contributed by atoms with Gasteiger partial charge in [-0.25, -0.2) is 8.42 Å². The molecule has 98 valence electrons. The Kier molecular flexibility index (Phi) is 2.71. The Morgan fingerprint density at radius 3 is 2.58 bits per heavy atom. The summed E-state index contributed by atoms with van der Waals surface area (Å²) in [6, 6.07) is 11.4. The van der Waals surface area contributed by atoms with Gasteiger partial charge >= 0.3 is 0 Å². The molecule has 19 heavy (non-hydrogen) atoms. The van der Waals surface area contributed by atoms with Gasteiger partial charge < -0.3 is 9.47 Å². The molecule has 0 aliphatic carbocycles. The number of sulfone groups is 1. The van der Waals surface area contributed by atoms with Gasteiger partial charge in [0.2, 0.25) is 9.84 Å². The van der Waals surface area contributed by atoms with Crippen molar-refractivity contribution in [3.8, 4) is 17.2 Å². The first-order chi connectivity index (χ1) is 9.13. The van der Waals surface area contributed by atoms with Crippen LogP contribution in [0.15, 0.2) is 52.3 Å². The van der Waals surface area contributed by atoms with Gasteiger partial charge in [-0.2, -0.15) is 0 Å². The molecule has 0 N–H and O–H groups in total. The molecule has 1 aliphatic heterocycles. The first-order valence-electron chi connectivity index (χ1n) is 5.92. The predicted octanol–water partition coefficient (Wildman–Crippen LogP) is 3.02. The minimum absolute atomic E-state index is 0.150. The van der Waals surface area contributed by atoms with E-state index in [0.717, 1.165) is 0 Å². The normalized spacial score (nSPS) is 15.0. The van der Waals surface area contributed by atoms with Crippen LogP contribution in [0.25, 0.3) is 0 Å². The number of benzene rings is 2. The summed E-state index contributed by atoms with van der Waals surface area (Å²) in [6.45, 7) is 2.33. The Hall–Kier alpha value is -2.01. The van der Waals surface area contributed by atoms with Crippen molar-refractivity contribution in [1.82, 2.24) is 0 Å². The fourth-order valence-electron chi connectivity index (χ4n) is 2.03. The van der Waals surface area contributed by atoms with Crippen molar-refractivity contribution in [3.05, 3.63) is 42.5 Å². The van der Waals surface area contributed by atoms with Crippen LogP contribution in [-0.2, 0) is 9.84 Å². The molecule has 3 rings (SSSR count). The molecule has 4 nitrogen and oxygen atoms in total. The Morgan fingerprint density at radius 2 is 1.79 bits per heavy atom. The van der Waals surface area contributed by atoms with E-state index in [1.54, 1.807) is 36.4 Å². The topological polar surface area (TPSA) is 52.6 Å². The van der Waals surface area contributed by atoms with Crippen LogP contribution in [0.5, 0.6) is 17.2 Å². The van der Waals surface area contributed by atoms with E-state index < -0.39 is 9.84 Å². The molecule has 0 unspecified atom stereocenters. The van der Waals surface area contributed by atoms with Crippen molar-refractivity contribution in [1.29, 1.82) is 0 Å². The van der Waals surface area contributed by atoms with E-state index in [9.17, 15) is 8.42 Å². The van der Waals surface area contributed by atoms with E-state index in [1.165, 1.54) is 6.07 Å². The van der Waals surface area contributed by atoms with Crippen molar-refractivity contribution in [2.75, 3.05) is 6.61 Å². The van der Waals surface area contributed by atoms with E-state index in [0.29, 0.717) is 23.9 Å². The van der Waals surface area contributed by atoms with Gasteiger partial charge in [0, 0.05) is 6.07 Å². The minimum Gasteiger partial charge on any atom is -0.494 e. The van der Waals surface area contributed by atoms with Crippen LogP contribution < -0.4 is 9.47 Å². The van der Waals surface area contributed by atoms with Crippen molar-refractivity contribution in [2.24, 2.45) is 0 Å². The van der Waals surface area contributed by atoms with Crippen molar-refractivity contribution in [2.45, 2.75) is 16.7 Å². The summed E-state index contributed by atoms with van der Waals surface area (Å²) in [6.07, 6.45) is 0. The van der Waals surface area contributed by atoms with Gasteiger partial charge in [-0.3, -0.25) is 0 Å². The summed E-state index contributed by atoms with van der Waals surface area (Å²) in [7, 11) is -3.55. The minimum atomic E-state index is -3.55. The summed E-state index contributed by atoms with van der Waals surface area (Å²) in [5.74, 6) is 1.22. The van der Waals surface area contributed by atoms with Gasteiger partial charge in [0.1, 0.15) is 27.0 Å². The average molecular weight is 276 g/mol. The largest absolute Gasteiger partial charge is 0.494 e. The highest BCUT2D eigenvalue weighted by molar-refractivity contribution is 7.91. The average Bonchev–Trinajstić information content (AvgIpc) is 2.40. The Balaban J connectivity index is 2.20. The van der Waals surface area contributed by atoms with Gasteiger partial charge in [0.25, 0.3) is 0 Å². The van der Waals surface area contributed by atoms with Crippen molar-refractivity contribution >= 4 is 9.84 Å². The standard InChI is InChI=1S/C14H12O4S/c1-2-17-10-7-8-12-14(9-10)19(15,16)13-6-4-3-5-11(13)18-12/h3-9H,2H2,1H3. The summed E-state index contributed by atoms with van der Waals surface area (Å²) < 4.78 is 36.0. The van der Waals surface area contributed by atoms with Crippen molar-refractivity contribution in [3.63, 3.8) is 0 Å². The highest BCUT2D eigenvalue weighted by Crippen LogP contribution is 2.43. The molecule has 1 aliphatic rings. The maximum Gasteiger partial charge on any atom is 0.214 e. The first kappa shape index (κ1) is 12.0. The molecule has 0 spiro atoms. The van der Waals surface area contributed by atoms with Gasteiger partial charge in [-0.1, -0.05) is 12.1 Å². The third-order valence-electron chi connectivity index (χ3n) is 2.87. The van der Waals surface area contributed by atoms with E-state index in [1.807, 2.05) is 6.92 Å². The lowest BCUT2D eigenvalue weighted by Gasteiger charge is -2.20. The van der Waals surface area contributed by atoms with E-state index in [4.69, 9.17) is 9.47 Å². The molecule has 0 saturated carbocycles. The van der Waals surface area contributed by atoms with E-state index >= 15 is 0 Å². The van der Waals surface area contributed by atoms with Gasteiger partial charge in [0.15, 0.2) is 0 Å². The zero-order valence-corrected chi connectivity index (χ0v) is 11.1. The summed E-state index contributed by atoms with van der Waals surface area (Å²) in [5.41, 5.74) is 0. The third-order valence-corrected chi connectivity index (χ3v) is 4.69. The molecule has 2 aromatic rings. The molecular weight excluding hydrogens is 264 g/mol. The van der Waals surface area contributed by atoms with Crippen molar-refractivity contribution < 1.29 is 17.9 Å². The number of para-hydroxylation sites is 1. The molecule has 0 saturated heterocycles. The Labute approximate surface area is 111 Å². The molecule has 1 heterocycles. The first-order valence-corrected chi connectivity index (χ1v) is 7.40. The second kappa shape index (κ2) is 4.28. The molecule has 0 amide bonds. The smallest absolute Gasteiger partial charge is 0.214 e. The number of rotatable bonds is 2. The van der Waals surface area contributed by atoms with Crippen LogP contribution in [0.4, 0.5) is 0 Å². The lowest BCUT2D eigenvalue weighted by Crippen LogP contribution is -2.11. The lowest BCUT2D eigenvalue weighted by molar-refractivity contribution is 0.337. The maximum absolute atomic E-state index is 12.5. The molecule has 2 aromatic carbocycles. The number of fused-ring (bicyclic) bond motifs is 2. The van der Waals surface area contributed by atoms with E-state index in [-0.39, 0.29) is 9.79 Å².